The van der Waals surface area contributed by atoms with Gasteiger partial charge < -0.3 is 14.8 Å². The fourth-order valence-corrected chi connectivity index (χ4v) is 2.19. The molecule has 0 spiro atoms. The number of benzene rings is 1. The Labute approximate surface area is 148 Å². The minimum atomic E-state index is -0.600. The zero-order chi connectivity index (χ0) is 18.4. The molecule has 0 radical (unpaired) electrons. The van der Waals surface area contributed by atoms with Crippen molar-refractivity contribution >= 4 is 17.2 Å². The number of pyridine rings is 1. The monoisotopic (exact) mass is 353 g/mol. The summed E-state index contributed by atoms with van der Waals surface area (Å²) >= 11 is 0. The summed E-state index contributed by atoms with van der Waals surface area (Å²) in [6.45, 7) is 2.31. The lowest BCUT2D eigenvalue weighted by Gasteiger charge is -2.12. The van der Waals surface area contributed by atoms with Crippen LogP contribution >= 0.6 is 0 Å². The van der Waals surface area contributed by atoms with E-state index in [1.807, 2.05) is 13.0 Å². The van der Waals surface area contributed by atoms with Crippen LogP contribution in [0.3, 0.4) is 0 Å². The molecule has 0 amide bonds. The molecule has 2 aromatic heterocycles. The lowest BCUT2D eigenvalue weighted by Crippen LogP contribution is -2.05. The van der Waals surface area contributed by atoms with Crippen molar-refractivity contribution in [1.29, 1.82) is 0 Å². The van der Waals surface area contributed by atoms with Gasteiger partial charge in [-0.3, -0.25) is 15.1 Å². The molecule has 0 bridgehead atoms. The molecule has 132 valence electrons. The Morgan fingerprint density at radius 1 is 1.19 bits per heavy atom. The molecule has 26 heavy (non-hydrogen) atoms. The maximum Gasteiger partial charge on any atom is 0.373 e. The van der Waals surface area contributed by atoms with Gasteiger partial charge in [0, 0.05) is 6.20 Å². The molecule has 3 aromatic rings. The molecule has 3 rings (SSSR count). The average molecular weight is 353 g/mol. The van der Waals surface area contributed by atoms with E-state index < -0.39 is 4.92 Å². The summed E-state index contributed by atoms with van der Waals surface area (Å²) < 4.78 is 11.0. The second-order valence-corrected chi connectivity index (χ2v) is 4.98. The number of para-hydroxylation sites is 2. The van der Waals surface area contributed by atoms with Crippen LogP contribution in [-0.2, 0) is 0 Å². The van der Waals surface area contributed by atoms with Crippen LogP contribution in [0, 0.1) is 10.1 Å². The SMILES string of the molecule is CCOc1ccccc1Nc1ncnc(Oc2cccnc2)c1[N+](=O)[O-]. The van der Waals surface area contributed by atoms with Crippen molar-refractivity contribution < 1.29 is 14.4 Å². The van der Waals surface area contributed by atoms with E-state index in [9.17, 15) is 10.1 Å². The highest BCUT2D eigenvalue weighted by molar-refractivity contribution is 5.72. The van der Waals surface area contributed by atoms with E-state index in [1.54, 1.807) is 36.5 Å². The number of anilines is 2. The van der Waals surface area contributed by atoms with Gasteiger partial charge in [-0.05, 0) is 31.2 Å². The Bertz CT molecular complexity index is 905. The molecule has 9 heteroatoms. The Morgan fingerprint density at radius 2 is 2.04 bits per heavy atom. The highest BCUT2D eigenvalue weighted by Gasteiger charge is 2.25. The molecule has 0 aliphatic heterocycles. The smallest absolute Gasteiger partial charge is 0.373 e. The molecule has 2 heterocycles. The first-order valence-electron chi connectivity index (χ1n) is 7.75. The molecule has 9 nitrogen and oxygen atoms in total. The van der Waals surface area contributed by atoms with E-state index in [-0.39, 0.29) is 17.4 Å². The largest absolute Gasteiger partial charge is 0.492 e. The molecule has 0 saturated heterocycles. The number of rotatable bonds is 7. The van der Waals surface area contributed by atoms with Crippen LogP contribution in [-0.4, -0.2) is 26.5 Å². The van der Waals surface area contributed by atoms with Crippen molar-refractivity contribution in [2.75, 3.05) is 11.9 Å². The summed E-state index contributed by atoms with van der Waals surface area (Å²) in [4.78, 5) is 22.8. The third kappa shape index (κ3) is 3.83. The third-order valence-electron chi connectivity index (χ3n) is 3.26. The minimum Gasteiger partial charge on any atom is -0.492 e. The van der Waals surface area contributed by atoms with Crippen LogP contribution in [0.15, 0.2) is 55.1 Å². The van der Waals surface area contributed by atoms with E-state index in [2.05, 4.69) is 20.3 Å². The number of ether oxygens (including phenoxy) is 2. The van der Waals surface area contributed by atoms with Crippen molar-refractivity contribution in [3.8, 4) is 17.4 Å². The van der Waals surface area contributed by atoms with Gasteiger partial charge in [-0.1, -0.05) is 12.1 Å². The van der Waals surface area contributed by atoms with Gasteiger partial charge in [-0.15, -0.1) is 0 Å². The molecule has 0 atom stereocenters. The minimum absolute atomic E-state index is 0.00366. The van der Waals surface area contributed by atoms with E-state index in [0.29, 0.717) is 23.8 Å². The zero-order valence-corrected chi connectivity index (χ0v) is 13.8. The Balaban J connectivity index is 1.98. The summed E-state index contributed by atoms with van der Waals surface area (Å²) in [6, 6.07) is 10.4. The van der Waals surface area contributed by atoms with Crippen LogP contribution in [0.4, 0.5) is 17.2 Å². The molecule has 0 aliphatic carbocycles. The highest BCUT2D eigenvalue weighted by atomic mass is 16.6. The predicted molar refractivity (Wildman–Crippen MR) is 93.9 cm³/mol. The summed E-state index contributed by atoms with van der Waals surface area (Å²) in [7, 11) is 0. The lowest BCUT2D eigenvalue weighted by atomic mass is 10.3. The number of nitrogens with one attached hydrogen (secondary N) is 1. The van der Waals surface area contributed by atoms with Crippen LogP contribution in [0.1, 0.15) is 6.92 Å². The van der Waals surface area contributed by atoms with Gasteiger partial charge in [0.15, 0.2) is 0 Å². The predicted octanol–water partition coefficient (Wildman–Crippen LogP) is 3.71. The Morgan fingerprint density at radius 3 is 2.77 bits per heavy atom. The fraction of sp³-hybridized carbons (Fsp3) is 0.118. The van der Waals surface area contributed by atoms with E-state index >= 15 is 0 Å². The molecule has 1 N–H and O–H groups in total. The van der Waals surface area contributed by atoms with Gasteiger partial charge in [0.05, 0.1) is 23.4 Å². The van der Waals surface area contributed by atoms with Crippen LogP contribution in [0.25, 0.3) is 0 Å². The highest BCUT2D eigenvalue weighted by Crippen LogP contribution is 2.37. The molecule has 0 aliphatic rings. The number of hydrogen-bond donors (Lipinski definition) is 1. The standard InChI is InChI=1S/C17H15N5O4/c1-2-25-14-8-4-3-7-13(14)21-16-15(22(23)24)17(20-11-19-16)26-12-6-5-9-18-10-12/h3-11H,2H2,1H3,(H,19,20,21). The first-order chi connectivity index (χ1) is 12.7. The second kappa shape index (κ2) is 7.88. The molecule has 0 saturated carbocycles. The van der Waals surface area contributed by atoms with Gasteiger partial charge in [0.1, 0.15) is 17.8 Å². The third-order valence-corrected chi connectivity index (χ3v) is 3.26. The van der Waals surface area contributed by atoms with Crippen molar-refractivity contribution in [2.45, 2.75) is 6.92 Å². The van der Waals surface area contributed by atoms with Gasteiger partial charge in [0.25, 0.3) is 0 Å². The quantitative estimate of drug-likeness (QED) is 0.505. The summed E-state index contributed by atoms with van der Waals surface area (Å²) in [6.07, 6.45) is 4.19. The van der Waals surface area contributed by atoms with Gasteiger partial charge in [0.2, 0.25) is 5.82 Å². The molecule has 1 aromatic carbocycles. The van der Waals surface area contributed by atoms with Crippen LogP contribution < -0.4 is 14.8 Å². The molecule has 0 fully saturated rings. The van der Waals surface area contributed by atoms with Gasteiger partial charge in [-0.25, -0.2) is 4.98 Å². The maximum absolute atomic E-state index is 11.6. The zero-order valence-electron chi connectivity index (χ0n) is 13.8. The Kier molecular flexibility index (Phi) is 5.18. The van der Waals surface area contributed by atoms with Crippen molar-refractivity contribution in [2.24, 2.45) is 0 Å². The average Bonchev–Trinajstić information content (AvgIpc) is 2.64. The molecular formula is C17H15N5O4. The summed E-state index contributed by atoms with van der Waals surface area (Å²) in [5.74, 6) is 0.693. The second-order valence-electron chi connectivity index (χ2n) is 4.98. The van der Waals surface area contributed by atoms with Gasteiger partial charge >= 0.3 is 11.6 Å². The van der Waals surface area contributed by atoms with Gasteiger partial charge in [-0.2, -0.15) is 4.98 Å². The normalized spacial score (nSPS) is 10.2. The first kappa shape index (κ1) is 17.1. The van der Waals surface area contributed by atoms with E-state index in [1.165, 1.54) is 12.5 Å². The van der Waals surface area contributed by atoms with Crippen molar-refractivity contribution in [3.63, 3.8) is 0 Å². The number of hydrogen-bond acceptors (Lipinski definition) is 8. The number of aromatic nitrogens is 3. The van der Waals surface area contributed by atoms with E-state index in [4.69, 9.17) is 9.47 Å². The lowest BCUT2D eigenvalue weighted by molar-refractivity contribution is -0.385. The van der Waals surface area contributed by atoms with Crippen LogP contribution in [0.2, 0.25) is 0 Å². The van der Waals surface area contributed by atoms with Crippen molar-refractivity contribution in [1.82, 2.24) is 15.0 Å². The maximum atomic E-state index is 11.6. The Hall–Kier alpha value is -3.75. The number of nitro groups is 1. The fourth-order valence-electron chi connectivity index (χ4n) is 2.19. The number of nitrogens with zero attached hydrogens (tertiary/aromatic N) is 4. The summed E-state index contributed by atoms with van der Waals surface area (Å²) in [5, 5.41) is 14.5. The first-order valence-corrected chi connectivity index (χ1v) is 7.75. The van der Waals surface area contributed by atoms with E-state index in [0.717, 1.165) is 0 Å². The molecule has 0 unspecified atom stereocenters. The topological polar surface area (TPSA) is 112 Å². The van der Waals surface area contributed by atoms with Crippen molar-refractivity contribution in [3.05, 3.63) is 65.2 Å². The molecular weight excluding hydrogens is 338 g/mol. The van der Waals surface area contributed by atoms with Crippen LogP contribution in [0.5, 0.6) is 17.4 Å². The summed E-state index contributed by atoms with van der Waals surface area (Å²) in [5.41, 5.74) is 0.158.